The quantitative estimate of drug-likeness (QED) is 0.669. The van der Waals surface area contributed by atoms with E-state index in [9.17, 15) is 4.79 Å². The molecule has 4 heteroatoms. The molecule has 1 heterocycles. The van der Waals surface area contributed by atoms with Gasteiger partial charge in [-0.2, -0.15) is 0 Å². The third kappa shape index (κ3) is 1.56. The van der Waals surface area contributed by atoms with E-state index in [0.29, 0.717) is 10.2 Å². The molecule has 0 aromatic carbocycles. The van der Waals surface area contributed by atoms with Gasteiger partial charge in [0.2, 0.25) is 0 Å². The van der Waals surface area contributed by atoms with Crippen molar-refractivity contribution >= 4 is 15.9 Å². The van der Waals surface area contributed by atoms with E-state index >= 15 is 0 Å². The second-order valence-corrected chi connectivity index (χ2v) is 3.07. The number of nitrogens with zero attached hydrogens (tertiary/aromatic N) is 2. The molecule has 1 rings (SSSR count). The van der Waals surface area contributed by atoms with Crippen molar-refractivity contribution in [3.8, 4) is 12.3 Å². The summed E-state index contributed by atoms with van der Waals surface area (Å²) in [4.78, 5) is 15.3. The molecule has 0 bridgehead atoms. The monoisotopic (exact) mass is 226 g/mol. The van der Waals surface area contributed by atoms with Gasteiger partial charge >= 0.3 is 0 Å². The van der Waals surface area contributed by atoms with Gasteiger partial charge in [0.15, 0.2) is 0 Å². The van der Waals surface area contributed by atoms with Crippen LogP contribution in [0.3, 0.4) is 0 Å². The molecular formula is C8H7BrN2O. The topological polar surface area (TPSA) is 34.9 Å². The highest BCUT2D eigenvalue weighted by Crippen LogP contribution is 2.05. The zero-order valence-electron chi connectivity index (χ0n) is 6.54. The molecule has 0 N–H and O–H groups in total. The van der Waals surface area contributed by atoms with E-state index in [4.69, 9.17) is 6.42 Å². The summed E-state index contributed by atoms with van der Waals surface area (Å²) in [5.41, 5.74) is 0.536. The Morgan fingerprint density at radius 1 is 1.83 bits per heavy atom. The van der Waals surface area contributed by atoms with Gasteiger partial charge in [0.05, 0.1) is 18.6 Å². The van der Waals surface area contributed by atoms with Crippen LogP contribution < -0.4 is 5.56 Å². The minimum absolute atomic E-state index is 0.138. The van der Waals surface area contributed by atoms with Crippen molar-refractivity contribution in [2.75, 3.05) is 0 Å². The lowest BCUT2D eigenvalue weighted by Gasteiger charge is -2.01. The highest BCUT2D eigenvalue weighted by atomic mass is 79.9. The van der Waals surface area contributed by atoms with E-state index in [1.165, 1.54) is 10.9 Å². The fraction of sp³-hybridized carbons (Fsp3) is 0.250. The first-order valence-corrected chi connectivity index (χ1v) is 4.11. The third-order valence-corrected chi connectivity index (χ3v) is 2.33. The van der Waals surface area contributed by atoms with Gasteiger partial charge in [-0.3, -0.25) is 9.36 Å². The Bertz CT molecular complexity index is 389. The molecule has 0 unspecified atom stereocenters. The van der Waals surface area contributed by atoms with Crippen molar-refractivity contribution < 1.29 is 0 Å². The Morgan fingerprint density at radius 2 is 2.50 bits per heavy atom. The number of terminal acetylenes is 1. The number of aryl methyl sites for hydroxylation is 1. The van der Waals surface area contributed by atoms with Crippen LogP contribution in [0.5, 0.6) is 0 Å². The third-order valence-electron chi connectivity index (χ3n) is 1.42. The molecule has 0 aliphatic heterocycles. The van der Waals surface area contributed by atoms with Gasteiger partial charge in [0.1, 0.15) is 4.47 Å². The van der Waals surface area contributed by atoms with Crippen LogP contribution in [0.4, 0.5) is 0 Å². The highest BCUT2D eigenvalue weighted by Gasteiger charge is 2.03. The summed E-state index contributed by atoms with van der Waals surface area (Å²) in [5.74, 6) is 2.37. The van der Waals surface area contributed by atoms with Crippen LogP contribution in [0.15, 0.2) is 15.6 Å². The largest absolute Gasteiger partial charge is 0.286 e. The molecule has 0 fully saturated rings. The second kappa shape index (κ2) is 3.55. The predicted octanol–water partition coefficient (Wildman–Crippen LogP) is 0.947. The van der Waals surface area contributed by atoms with E-state index in [0.717, 1.165) is 0 Å². The van der Waals surface area contributed by atoms with Crippen LogP contribution >= 0.6 is 15.9 Å². The van der Waals surface area contributed by atoms with Gasteiger partial charge in [-0.05, 0) is 22.9 Å². The van der Waals surface area contributed by atoms with Gasteiger partial charge < -0.3 is 0 Å². The molecule has 0 atom stereocenters. The lowest BCUT2D eigenvalue weighted by atomic mass is 10.4. The van der Waals surface area contributed by atoms with E-state index in [-0.39, 0.29) is 12.1 Å². The van der Waals surface area contributed by atoms with E-state index in [1.807, 2.05) is 0 Å². The van der Waals surface area contributed by atoms with Crippen LogP contribution in [-0.2, 0) is 6.54 Å². The Balaban J connectivity index is 3.29. The van der Waals surface area contributed by atoms with Crippen molar-refractivity contribution in [3.05, 3.63) is 26.8 Å². The van der Waals surface area contributed by atoms with Crippen LogP contribution in [0.25, 0.3) is 0 Å². The molecular weight excluding hydrogens is 220 g/mol. The zero-order valence-corrected chi connectivity index (χ0v) is 8.13. The standard InChI is InChI=1S/C8H7BrN2O/c1-3-4-11-5-10-6(2)7(9)8(11)12/h1,5H,4H2,2H3. The van der Waals surface area contributed by atoms with E-state index < -0.39 is 0 Å². The van der Waals surface area contributed by atoms with E-state index in [1.54, 1.807) is 6.92 Å². The molecule has 0 spiro atoms. The summed E-state index contributed by atoms with van der Waals surface area (Å²) in [5, 5.41) is 0. The lowest BCUT2D eigenvalue weighted by molar-refractivity contribution is 0.754. The summed E-state index contributed by atoms with van der Waals surface area (Å²) >= 11 is 3.14. The molecule has 0 amide bonds. The van der Waals surface area contributed by atoms with Gasteiger partial charge in [0.25, 0.3) is 5.56 Å². The average Bonchev–Trinajstić information content (AvgIpc) is 2.07. The molecule has 1 aromatic rings. The van der Waals surface area contributed by atoms with Crippen molar-refractivity contribution in [1.29, 1.82) is 0 Å². The zero-order chi connectivity index (χ0) is 9.14. The maximum atomic E-state index is 11.4. The summed E-state index contributed by atoms with van der Waals surface area (Å²) in [6.45, 7) is 2.01. The molecule has 12 heavy (non-hydrogen) atoms. The number of halogens is 1. The molecule has 0 radical (unpaired) electrons. The Labute approximate surface area is 78.6 Å². The first kappa shape index (κ1) is 9.01. The molecule has 0 saturated carbocycles. The van der Waals surface area contributed by atoms with Crippen molar-refractivity contribution in [2.45, 2.75) is 13.5 Å². The molecule has 3 nitrogen and oxygen atoms in total. The summed E-state index contributed by atoms with van der Waals surface area (Å²) in [6, 6.07) is 0. The van der Waals surface area contributed by atoms with Gasteiger partial charge in [-0.15, -0.1) is 6.42 Å². The van der Waals surface area contributed by atoms with Crippen molar-refractivity contribution in [3.63, 3.8) is 0 Å². The number of rotatable bonds is 1. The molecule has 1 aromatic heterocycles. The summed E-state index contributed by atoms with van der Waals surface area (Å²) in [6.07, 6.45) is 6.51. The van der Waals surface area contributed by atoms with Crippen LogP contribution in [0, 0.1) is 19.3 Å². The Morgan fingerprint density at radius 3 is 3.08 bits per heavy atom. The number of aromatic nitrogens is 2. The van der Waals surface area contributed by atoms with Crippen molar-refractivity contribution in [1.82, 2.24) is 9.55 Å². The first-order chi connectivity index (χ1) is 5.66. The minimum atomic E-state index is -0.138. The fourth-order valence-corrected chi connectivity index (χ4v) is 1.09. The highest BCUT2D eigenvalue weighted by molar-refractivity contribution is 9.10. The van der Waals surface area contributed by atoms with Crippen LogP contribution in [0.2, 0.25) is 0 Å². The molecule has 62 valence electrons. The molecule has 0 aliphatic carbocycles. The van der Waals surface area contributed by atoms with Crippen molar-refractivity contribution in [2.24, 2.45) is 0 Å². The fourth-order valence-electron chi connectivity index (χ4n) is 0.757. The maximum absolute atomic E-state index is 11.4. The number of hydrogen-bond acceptors (Lipinski definition) is 2. The summed E-state index contributed by atoms with van der Waals surface area (Å²) in [7, 11) is 0. The second-order valence-electron chi connectivity index (χ2n) is 2.28. The average molecular weight is 227 g/mol. The maximum Gasteiger partial charge on any atom is 0.268 e. The number of hydrogen-bond donors (Lipinski definition) is 0. The molecule has 0 aliphatic rings. The van der Waals surface area contributed by atoms with E-state index in [2.05, 4.69) is 26.8 Å². The smallest absolute Gasteiger partial charge is 0.268 e. The molecule has 0 saturated heterocycles. The predicted molar refractivity (Wildman–Crippen MR) is 49.8 cm³/mol. The first-order valence-electron chi connectivity index (χ1n) is 3.32. The summed E-state index contributed by atoms with van der Waals surface area (Å²) < 4.78 is 1.84. The van der Waals surface area contributed by atoms with Gasteiger partial charge in [-0.1, -0.05) is 5.92 Å². The van der Waals surface area contributed by atoms with Crippen LogP contribution in [-0.4, -0.2) is 9.55 Å². The van der Waals surface area contributed by atoms with Gasteiger partial charge in [-0.25, -0.2) is 4.98 Å². The van der Waals surface area contributed by atoms with Crippen LogP contribution in [0.1, 0.15) is 5.69 Å². The lowest BCUT2D eigenvalue weighted by Crippen LogP contribution is -2.21. The van der Waals surface area contributed by atoms with Gasteiger partial charge in [0, 0.05) is 0 Å². The Hall–Kier alpha value is -1.08. The SMILES string of the molecule is C#CCn1cnc(C)c(Br)c1=O. The Kier molecular flexibility index (Phi) is 2.66. The normalized spacial score (nSPS) is 9.42. The minimum Gasteiger partial charge on any atom is -0.286 e.